The van der Waals surface area contributed by atoms with Crippen molar-refractivity contribution in [2.75, 3.05) is 106 Å². The minimum absolute atomic E-state index is 0.0226. The summed E-state index contributed by atoms with van der Waals surface area (Å²) in [5, 5.41) is 21.6. The molecule has 12 nitrogen and oxygen atoms in total. The lowest BCUT2D eigenvalue weighted by Gasteiger charge is -2.07. The Kier molecular flexibility index (Phi) is 21.4. The van der Waals surface area contributed by atoms with Crippen LogP contribution < -0.4 is 0 Å². The van der Waals surface area contributed by atoms with E-state index in [0.29, 0.717) is 106 Å². The zero-order chi connectivity index (χ0) is 24.5. The number of aliphatic hydroxyl groups excluding tert-OH is 2. The van der Waals surface area contributed by atoms with Gasteiger partial charge in [-0.3, -0.25) is 4.68 Å². The van der Waals surface area contributed by atoms with Gasteiger partial charge in [0.05, 0.1) is 130 Å². The van der Waals surface area contributed by atoms with Crippen LogP contribution in [0.2, 0.25) is 0 Å². The van der Waals surface area contributed by atoms with Crippen molar-refractivity contribution in [3.63, 3.8) is 0 Å². The highest BCUT2D eigenvalue weighted by molar-refractivity contribution is 5.08. The zero-order valence-electron chi connectivity index (χ0n) is 20.4. The maximum absolute atomic E-state index is 8.58. The van der Waals surface area contributed by atoms with Gasteiger partial charge in [0.15, 0.2) is 0 Å². The van der Waals surface area contributed by atoms with Crippen molar-refractivity contribution < 1.29 is 48.1 Å². The summed E-state index contributed by atoms with van der Waals surface area (Å²) in [6, 6.07) is 1.96. The van der Waals surface area contributed by atoms with Gasteiger partial charge >= 0.3 is 0 Å². The number of hydrogen-bond donors (Lipinski definition) is 2. The second-order valence-electron chi connectivity index (χ2n) is 6.98. The summed E-state index contributed by atoms with van der Waals surface area (Å²) in [6.45, 7) is 7.35. The van der Waals surface area contributed by atoms with Gasteiger partial charge in [-0.1, -0.05) is 0 Å². The Bertz CT molecular complexity index is 562. The lowest BCUT2D eigenvalue weighted by atomic mass is 10.4. The minimum Gasteiger partial charge on any atom is -0.394 e. The Labute approximate surface area is 201 Å². The number of aromatic nitrogens is 2. The Balaban J connectivity index is 1.92. The van der Waals surface area contributed by atoms with Gasteiger partial charge in [0.2, 0.25) is 0 Å². The van der Waals surface area contributed by atoms with E-state index in [9.17, 15) is 0 Å². The fraction of sp³-hybridized carbons (Fsp3) is 0.864. The quantitative estimate of drug-likeness (QED) is 0.162. The summed E-state index contributed by atoms with van der Waals surface area (Å²) in [6.07, 6.45) is 0. The van der Waals surface area contributed by atoms with Crippen molar-refractivity contribution in [2.24, 2.45) is 7.05 Å². The Morgan fingerprint density at radius 2 is 0.912 bits per heavy atom. The number of aryl methyl sites for hydroxylation is 1. The summed E-state index contributed by atoms with van der Waals surface area (Å²) in [4.78, 5) is 0. The van der Waals surface area contributed by atoms with E-state index in [1.54, 1.807) is 4.68 Å². The summed E-state index contributed by atoms with van der Waals surface area (Å²) < 4.78 is 44.8. The molecule has 0 aliphatic rings. The minimum atomic E-state index is 0.0226. The molecule has 0 aromatic carbocycles. The van der Waals surface area contributed by atoms with Crippen LogP contribution in [0, 0.1) is 0 Å². The van der Waals surface area contributed by atoms with Gasteiger partial charge in [-0.2, -0.15) is 5.10 Å². The molecule has 2 N–H and O–H groups in total. The van der Waals surface area contributed by atoms with E-state index < -0.39 is 0 Å². The van der Waals surface area contributed by atoms with Gasteiger partial charge in [-0.25, -0.2) is 0 Å². The van der Waals surface area contributed by atoms with E-state index in [-0.39, 0.29) is 13.2 Å². The van der Waals surface area contributed by atoms with Crippen molar-refractivity contribution in [1.29, 1.82) is 0 Å². The molecule has 0 aliphatic carbocycles. The van der Waals surface area contributed by atoms with Crippen LogP contribution in [0.25, 0.3) is 0 Å². The third-order valence-corrected chi connectivity index (χ3v) is 4.23. The molecule has 0 saturated carbocycles. The first kappa shape index (κ1) is 30.8. The molecule has 0 bridgehead atoms. The van der Waals surface area contributed by atoms with Gasteiger partial charge in [-0.05, 0) is 6.07 Å². The number of rotatable bonds is 26. The predicted molar refractivity (Wildman–Crippen MR) is 122 cm³/mol. The normalized spacial score (nSPS) is 11.5. The van der Waals surface area contributed by atoms with Crippen LogP contribution >= 0.6 is 0 Å². The highest BCUT2D eigenvalue weighted by Crippen LogP contribution is 2.06. The van der Waals surface area contributed by atoms with E-state index in [4.69, 9.17) is 48.1 Å². The Hall–Kier alpha value is -1.19. The Morgan fingerprint density at radius 1 is 0.559 bits per heavy atom. The SMILES string of the molecule is Cn1nc(COCCOCCOCCOCCO)cc1COCCOCCOCCOCCO. The fourth-order valence-corrected chi connectivity index (χ4v) is 2.58. The van der Waals surface area contributed by atoms with Gasteiger partial charge in [0.25, 0.3) is 0 Å². The fourth-order valence-electron chi connectivity index (χ4n) is 2.58. The lowest BCUT2D eigenvalue weighted by molar-refractivity contribution is -0.00797. The molecule has 1 aromatic rings. The average molecular weight is 495 g/mol. The van der Waals surface area contributed by atoms with Gasteiger partial charge < -0.3 is 48.1 Å². The first-order valence-electron chi connectivity index (χ1n) is 11.6. The zero-order valence-corrected chi connectivity index (χ0v) is 20.4. The second kappa shape index (κ2) is 23.5. The molecule has 0 saturated heterocycles. The molecular formula is C22H42N2O10. The smallest absolute Gasteiger partial charge is 0.0907 e. The van der Waals surface area contributed by atoms with E-state index in [1.165, 1.54) is 0 Å². The van der Waals surface area contributed by atoms with Crippen LogP contribution in [0.3, 0.4) is 0 Å². The topological polar surface area (TPSA) is 132 Å². The largest absolute Gasteiger partial charge is 0.394 e. The molecule has 0 aliphatic heterocycles. The summed E-state index contributed by atoms with van der Waals surface area (Å²) in [5.41, 5.74) is 1.80. The molecule has 1 aromatic heterocycles. The number of aliphatic hydroxyl groups is 2. The maximum Gasteiger partial charge on any atom is 0.0907 e. The van der Waals surface area contributed by atoms with E-state index in [2.05, 4.69) is 5.10 Å². The van der Waals surface area contributed by atoms with Crippen LogP contribution in [0.4, 0.5) is 0 Å². The van der Waals surface area contributed by atoms with E-state index in [1.807, 2.05) is 13.1 Å². The van der Waals surface area contributed by atoms with Crippen molar-refractivity contribution in [3.05, 3.63) is 17.5 Å². The number of hydrogen-bond acceptors (Lipinski definition) is 11. The molecule has 0 radical (unpaired) electrons. The van der Waals surface area contributed by atoms with Crippen LogP contribution in [0.5, 0.6) is 0 Å². The molecular weight excluding hydrogens is 452 g/mol. The third-order valence-electron chi connectivity index (χ3n) is 4.23. The van der Waals surface area contributed by atoms with Crippen LogP contribution in [-0.2, 0) is 58.2 Å². The van der Waals surface area contributed by atoms with Crippen LogP contribution in [0.1, 0.15) is 11.4 Å². The van der Waals surface area contributed by atoms with E-state index in [0.717, 1.165) is 11.4 Å². The molecule has 0 amide bonds. The van der Waals surface area contributed by atoms with Crippen molar-refractivity contribution >= 4 is 0 Å². The maximum atomic E-state index is 8.58. The first-order valence-corrected chi connectivity index (χ1v) is 11.6. The molecule has 1 rings (SSSR count). The standard InChI is InChI=1S/C22H42N2O10/c1-24-22(20-34-17-15-32-13-11-30-9-7-28-5-3-26)18-21(23-24)19-33-16-14-31-12-10-29-8-6-27-4-2-25/h18,25-26H,2-17,19-20H2,1H3. The van der Waals surface area contributed by atoms with Crippen LogP contribution in [0.15, 0.2) is 6.07 Å². The molecule has 0 unspecified atom stereocenters. The molecule has 0 atom stereocenters. The second-order valence-corrected chi connectivity index (χ2v) is 6.98. The van der Waals surface area contributed by atoms with Crippen molar-refractivity contribution in [3.8, 4) is 0 Å². The number of nitrogens with zero attached hydrogens (tertiary/aromatic N) is 2. The van der Waals surface area contributed by atoms with Crippen molar-refractivity contribution in [1.82, 2.24) is 9.78 Å². The molecule has 200 valence electrons. The number of ether oxygens (including phenoxy) is 8. The highest BCUT2D eigenvalue weighted by atomic mass is 16.6. The summed E-state index contributed by atoms with van der Waals surface area (Å²) in [5.74, 6) is 0. The summed E-state index contributed by atoms with van der Waals surface area (Å²) in [7, 11) is 1.87. The van der Waals surface area contributed by atoms with Crippen LogP contribution in [-0.4, -0.2) is 126 Å². The monoisotopic (exact) mass is 494 g/mol. The van der Waals surface area contributed by atoms with Gasteiger partial charge in [-0.15, -0.1) is 0 Å². The predicted octanol–water partition coefficient (Wildman–Crippen LogP) is -0.462. The van der Waals surface area contributed by atoms with Gasteiger partial charge in [0, 0.05) is 7.05 Å². The summed E-state index contributed by atoms with van der Waals surface area (Å²) >= 11 is 0. The van der Waals surface area contributed by atoms with Crippen molar-refractivity contribution in [2.45, 2.75) is 13.2 Å². The lowest BCUT2D eigenvalue weighted by Crippen LogP contribution is -2.12. The third kappa shape index (κ3) is 18.2. The molecule has 12 heteroatoms. The molecule has 0 spiro atoms. The first-order chi connectivity index (χ1) is 16.8. The molecule has 0 fully saturated rings. The van der Waals surface area contributed by atoms with Gasteiger partial charge in [0.1, 0.15) is 0 Å². The van der Waals surface area contributed by atoms with E-state index >= 15 is 0 Å². The average Bonchev–Trinajstić information content (AvgIpc) is 3.19. The highest BCUT2D eigenvalue weighted by Gasteiger charge is 2.06. The molecule has 1 heterocycles. The molecule has 34 heavy (non-hydrogen) atoms. The Morgan fingerprint density at radius 3 is 1.32 bits per heavy atom.